The molecular weight excluding hydrogens is 264 g/mol. The van der Waals surface area contributed by atoms with Crippen molar-refractivity contribution in [2.24, 2.45) is 0 Å². The van der Waals surface area contributed by atoms with Gasteiger partial charge in [-0.1, -0.05) is 18.2 Å². The number of hydrogen-bond acceptors (Lipinski definition) is 3. The van der Waals surface area contributed by atoms with Crippen molar-refractivity contribution in [2.45, 2.75) is 26.4 Å². The average Bonchev–Trinajstić information content (AvgIpc) is 2.44. The molecule has 0 saturated heterocycles. The van der Waals surface area contributed by atoms with Gasteiger partial charge in [0.1, 0.15) is 5.75 Å². The summed E-state index contributed by atoms with van der Waals surface area (Å²) in [5.74, 6) is 0.531. The highest BCUT2D eigenvalue weighted by atomic mass is 16.5. The fourth-order valence-corrected chi connectivity index (χ4v) is 2.45. The second kappa shape index (κ2) is 5.13. The molecule has 4 nitrogen and oxygen atoms in total. The predicted octanol–water partition coefficient (Wildman–Crippen LogP) is 2.83. The van der Waals surface area contributed by atoms with Crippen LogP contribution < -0.4 is 15.8 Å². The molecule has 4 heteroatoms. The van der Waals surface area contributed by atoms with E-state index in [1.807, 2.05) is 6.07 Å². The Morgan fingerprint density at radius 2 is 1.95 bits per heavy atom. The maximum absolute atomic E-state index is 12.1. The first-order valence-electron chi connectivity index (χ1n) is 6.96. The van der Waals surface area contributed by atoms with E-state index < -0.39 is 6.10 Å². The number of nitrogen functional groups attached to an aromatic ring is 1. The fourth-order valence-electron chi connectivity index (χ4n) is 2.45. The molecule has 21 heavy (non-hydrogen) atoms. The van der Waals surface area contributed by atoms with Gasteiger partial charge in [0.05, 0.1) is 5.69 Å². The van der Waals surface area contributed by atoms with Gasteiger partial charge in [-0.15, -0.1) is 0 Å². The molecule has 0 radical (unpaired) electrons. The first-order valence-corrected chi connectivity index (χ1v) is 6.96. The molecule has 0 bridgehead atoms. The van der Waals surface area contributed by atoms with Gasteiger partial charge in [-0.3, -0.25) is 4.79 Å². The molecule has 0 aliphatic carbocycles. The number of ether oxygens (including phenoxy) is 1. The van der Waals surface area contributed by atoms with Crippen LogP contribution in [-0.4, -0.2) is 12.0 Å². The van der Waals surface area contributed by atoms with Crippen LogP contribution in [0.3, 0.4) is 0 Å². The van der Waals surface area contributed by atoms with Crippen LogP contribution in [-0.2, 0) is 11.2 Å². The Labute approximate surface area is 123 Å². The second-order valence-corrected chi connectivity index (χ2v) is 5.47. The Hall–Kier alpha value is -2.49. The Morgan fingerprint density at radius 3 is 2.71 bits per heavy atom. The number of nitrogens with one attached hydrogen (secondary N) is 1. The van der Waals surface area contributed by atoms with Gasteiger partial charge in [0.25, 0.3) is 5.91 Å². The van der Waals surface area contributed by atoms with E-state index in [2.05, 4.69) is 31.3 Å². The zero-order valence-electron chi connectivity index (χ0n) is 12.1. The lowest BCUT2D eigenvalue weighted by Gasteiger charge is -2.26. The van der Waals surface area contributed by atoms with Gasteiger partial charge in [-0.05, 0) is 48.7 Å². The average molecular weight is 282 g/mol. The Bertz CT molecular complexity index is 710. The van der Waals surface area contributed by atoms with Gasteiger partial charge in [-0.25, -0.2) is 0 Å². The number of benzene rings is 2. The summed E-state index contributed by atoms with van der Waals surface area (Å²) in [6.07, 6.45) is 0.0415. The van der Waals surface area contributed by atoms with Crippen LogP contribution in [0.4, 0.5) is 11.4 Å². The molecule has 1 atom stereocenters. The summed E-state index contributed by atoms with van der Waals surface area (Å²) in [7, 11) is 0. The van der Waals surface area contributed by atoms with Gasteiger partial charge >= 0.3 is 0 Å². The molecular formula is C17H18N2O2. The van der Waals surface area contributed by atoms with E-state index in [0.29, 0.717) is 23.5 Å². The Morgan fingerprint density at radius 1 is 1.14 bits per heavy atom. The van der Waals surface area contributed by atoms with Crippen LogP contribution in [0, 0.1) is 13.8 Å². The summed E-state index contributed by atoms with van der Waals surface area (Å²) in [4.78, 5) is 12.1. The van der Waals surface area contributed by atoms with Gasteiger partial charge in [0, 0.05) is 12.1 Å². The molecule has 0 fully saturated rings. The number of aryl methyl sites for hydroxylation is 2. The van der Waals surface area contributed by atoms with E-state index in [9.17, 15) is 4.79 Å². The molecule has 1 heterocycles. The topological polar surface area (TPSA) is 64.3 Å². The molecule has 2 aromatic carbocycles. The number of nitrogens with two attached hydrogens (primary N) is 1. The van der Waals surface area contributed by atoms with E-state index >= 15 is 0 Å². The lowest BCUT2D eigenvalue weighted by atomic mass is 10.0. The van der Waals surface area contributed by atoms with Crippen molar-refractivity contribution in [3.8, 4) is 5.75 Å². The molecule has 1 aliphatic rings. The Kier molecular flexibility index (Phi) is 3.29. The third-order valence-corrected chi connectivity index (χ3v) is 3.82. The van der Waals surface area contributed by atoms with Crippen molar-refractivity contribution in [1.29, 1.82) is 0 Å². The third kappa shape index (κ3) is 2.70. The monoisotopic (exact) mass is 282 g/mol. The largest absolute Gasteiger partial charge is 0.478 e. The van der Waals surface area contributed by atoms with Crippen molar-refractivity contribution in [3.63, 3.8) is 0 Å². The molecule has 1 unspecified atom stereocenters. The number of amides is 1. The third-order valence-electron chi connectivity index (χ3n) is 3.82. The van der Waals surface area contributed by atoms with Gasteiger partial charge < -0.3 is 15.8 Å². The van der Waals surface area contributed by atoms with Crippen molar-refractivity contribution >= 4 is 17.3 Å². The minimum absolute atomic E-state index is 0.133. The smallest absolute Gasteiger partial charge is 0.265 e. The van der Waals surface area contributed by atoms with Crippen molar-refractivity contribution in [3.05, 3.63) is 53.1 Å². The standard InChI is InChI=1S/C17H18N2O2/c1-10-3-4-12(7-11(10)2)8-16-17(20)19-14-9-13(18)5-6-15(14)21-16/h3-7,9,16H,8,18H2,1-2H3,(H,19,20). The highest BCUT2D eigenvalue weighted by Crippen LogP contribution is 2.32. The number of carbonyl (C=O) groups is 1. The highest BCUT2D eigenvalue weighted by molar-refractivity contribution is 5.98. The molecule has 108 valence electrons. The highest BCUT2D eigenvalue weighted by Gasteiger charge is 2.27. The van der Waals surface area contributed by atoms with Gasteiger partial charge in [0.15, 0.2) is 6.10 Å². The SMILES string of the molecule is Cc1ccc(CC2Oc3ccc(N)cc3NC2=O)cc1C. The number of fused-ring (bicyclic) bond motifs is 1. The predicted molar refractivity (Wildman–Crippen MR) is 83.5 cm³/mol. The summed E-state index contributed by atoms with van der Waals surface area (Å²) in [5.41, 5.74) is 10.5. The maximum Gasteiger partial charge on any atom is 0.265 e. The Balaban J connectivity index is 1.82. The molecule has 0 spiro atoms. The molecule has 0 saturated carbocycles. The first-order chi connectivity index (χ1) is 10.0. The lowest BCUT2D eigenvalue weighted by molar-refractivity contribution is -0.123. The van der Waals surface area contributed by atoms with Crippen LogP contribution >= 0.6 is 0 Å². The van der Waals surface area contributed by atoms with Crippen molar-refractivity contribution in [2.75, 3.05) is 11.1 Å². The maximum atomic E-state index is 12.1. The first kappa shape index (κ1) is 13.5. The summed E-state index contributed by atoms with van der Waals surface area (Å²) in [5, 5.41) is 2.85. The molecule has 3 rings (SSSR count). The van der Waals surface area contributed by atoms with Crippen LogP contribution in [0.5, 0.6) is 5.75 Å². The molecule has 2 aromatic rings. The van der Waals surface area contributed by atoms with E-state index in [0.717, 1.165) is 5.56 Å². The summed E-state index contributed by atoms with van der Waals surface area (Å²) >= 11 is 0. The van der Waals surface area contributed by atoms with E-state index in [-0.39, 0.29) is 5.91 Å². The zero-order chi connectivity index (χ0) is 15.0. The van der Waals surface area contributed by atoms with Crippen molar-refractivity contribution < 1.29 is 9.53 Å². The van der Waals surface area contributed by atoms with Gasteiger partial charge in [0.2, 0.25) is 0 Å². The summed E-state index contributed by atoms with van der Waals surface area (Å²) < 4.78 is 5.81. The minimum atomic E-state index is -0.511. The van der Waals surface area contributed by atoms with Crippen LogP contribution in [0.1, 0.15) is 16.7 Å². The second-order valence-electron chi connectivity index (χ2n) is 5.47. The lowest BCUT2D eigenvalue weighted by Crippen LogP contribution is -2.38. The van der Waals surface area contributed by atoms with E-state index in [4.69, 9.17) is 10.5 Å². The molecule has 1 aliphatic heterocycles. The fraction of sp³-hybridized carbons (Fsp3) is 0.235. The summed E-state index contributed by atoms with van der Waals surface area (Å²) in [6.45, 7) is 4.14. The zero-order valence-corrected chi connectivity index (χ0v) is 12.1. The van der Waals surface area contributed by atoms with E-state index in [1.165, 1.54) is 11.1 Å². The van der Waals surface area contributed by atoms with E-state index in [1.54, 1.807) is 18.2 Å². The summed E-state index contributed by atoms with van der Waals surface area (Å²) in [6, 6.07) is 11.5. The molecule has 1 amide bonds. The van der Waals surface area contributed by atoms with Crippen LogP contribution in [0.2, 0.25) is 0 Å². The van der Waals surface area contributed by atoms with Crippen LogP contribution in [0.25, 0.3) is 0 Å². The number of anilines is 2. The normalized spacial score (nSPS) is 16.9. The van der Waals surface area contributed by atoms with Gasteiger partial charge in [-0.2, -0.15) is 0 Å². The van der Waals surface area contributed by atoms with Crippen molar-refractivity contribution in [1.82, 2.24) is 0 Å². The molecule has 3 N–H and O–H groups in total. The molecule has 0 aromatic heterocycles. The number of hydrogen-bond donors (Lipinski definition) is 2. The van der Waals surface area contributed by atoms with Crippen LogP contribution in [0.15, 0.2) is 36.4 Å². The quantitative estimate of drug-likeness (QED) is 0.832. The number of carbonyl (C=O) groups excluding carboxylic acids is 1. The number of rotatable bonds is 2. The minimum Gasteiger partial charge on any atom is -0.478 e.